The number of fused-ring (bicyclic) bond motifs is 1. The van der Waals surface area contributed by atoms with Gasteiger partial charge in [0.25, 0.3) is 5.91 Å². The van der Waals surface area contributed by atoms with E-state index in [1.54, 1.807) is 0 Å². The fourth-order valence-electron chi connectivity index (χ4n) is 4.56. The van der Waals surface area contributed by atoms with Gasteiger partial charge in [-0.15, -0.1) is 0 Å². The van der Waals surface area contributed by atoms with Gasteiger partial charge >= 0.3 is 0 Å². The highest BCUT2D eigenvalue weighted by Gasteiger charge is 2.18. The third-order valence-corrected chi connectivity index (χ3v) is 6.44. The van der Waals surface area contributed by atoms with Crippen LogP contribution in [0.15, 0.2) is 54.7 Å². The summed E-state index contributed by atoms with van der Waals surface area (Å²) in [5.41, 5.74) is 4.75. The predicted octanol–water partition coefficient (Wildman–Crippen LogP) is 3.84. The van der Waals surface area contributed by atoms with Gasteiger partial charge in [-0.05, 0) is 68.4 Å². The summed E-state index contributed by atoms with van der Waals surface area (Å²) in [5, 5.41) is 4.09. The van der Waals surface area contributed by atoms with Crippen LogP contribution in [0.3, 0.4) is 0 Å². The van der Waals surface area contributed by atoms with E-state index >= 15 is 0 Å². The molecule has 3 heterocycles. The van der Waals surface area contributed by atoms with E-state index in [4.69, 9.17) is 0 Å². The minimum atomic E-state index is -0.0935. The van der Waals surface area contributed by atoms with Crippen LogP contribution in [0.2, 0.25) is 0 Å². The van der Waals surface area contributed by atoms with Crippen molar-refractivity contribution >= 4 is 33.9 Å². The van der Waals surface area contributed by atoms with Crippen molar-refractivity contribution < 1.29 is 4.79 Å². The predicted molar refractivity (Wildman–Crippen MR) is 127 cm³/mol. The zero-order chi connectivity index (χ0) is 21.2. The summed E-state index contributed by atoms with van der Waals surface area (Å²) in [4.78, 5) is 24.7. The Bertz CT molecular complexity index is 1070. The largest absolute Gasteiger partial charge is 0.370 e. The van der Waals surface area contributed by atoms with Gasteiger partial charge in [0.2, 0.25) is 0 Å². The Morgan fingerprint density at radius 2 is 1.61 bits per heavy atom. The number of anilines is 3. The summed E-state index contributed by atoms with van der Waals surface area (Å²) >= 11 is 0. The van der Waals surface area contributed by atoms with E-state index in [0.29, 0.717) is 5.56 Å². The molecule has 0 saturated carbocycles. The maximum atomic E-state index is 13.0. The zero-order valence-corrected chi connectivity index (χ0v) is 18.1. The zero-order valence-electron chi connectivity index (χ0n) is 18.1. The Balaban J connectivity index is 1.35. The third kappa shape index (κ3) is 4.08. The molecular formula is C25H29N5O. The minimum absolute atomic E-state index is 0.0935. The first-order valence-electron chi connectivity index (χ1n) is 11.2. The molecule has 1 N–H and O–H groups in total. The number of carbonyl (C=O) groups is 1. The maximum absolute atomic E-state index is 13.0. The number of benzene rings is 2. The lowest BCUT2D eigenvalue weighted by atomic mass is 10.1. The topological polar surface area (TPSA) is 51.7 Å². The molecule has 1 amide bonds. The Morgan fingerprint density at radius 1 is 0.871 bits per heavy atom. The number of piperazine rings is 1. The molecule has 5 rings (SSSR count). The lowest BCUT2D eigenvalue weighted by molar-refractivity contribution is 0.102. The SMILES string of the molecule is CN1CCN(c2ccc(C(=O)Nc3ccc(N4CCCC4)c4ncccc34)cc2)CC1. The van der Waals surface area contributed by atoms with E-state index in [1.165, 1.54) is 18.5 Å². The molecule has 0 aliphatic carbocycles. The number of rotatable bonds is 4. The van der Waals surface area contributed by atoms with Crippen LogP contribution in [0, 0.1) is 0 Å². The van der Waals surface area contributed by atoms with Crippen LogP contribution in [0.1, 0.15) is 23.2 Å². The lowest BCUT2D eigenvalue weighted by Crippen LogP contribution is -2.44. The number of aromatic nitrogens is 1. The molecule has 1 aromatic heterocycles. The first kappa shape index (κ1) is 19.8. The molecule has 6 nitrogen and oxygen atoms in total. The third-order valence-electron chi connectivity index (χ3n) is 6.44. The average Bonchev–Trinajstić information content (AvgIpc) is 3.35. The first-order valence-corrected chi connectivity index (χ1v) is 11.2. The second kappa shape index (κ2) is 8.55. The summed E-state index contributed by atoms with van der Waals surface area (Å²) in [6.45, 7) is 6.30. The van der Waals surface area contributed by atoms with Gasteiger partial charge in [0.15, 0.2) is 0 Å². The number of amides is 1. The van der Waals surface area contributed by atoms with Crippen LogP contribution >= 0.6 is 0 Å². The molecule has 31 heavy (non-hydrogen) atoms. The molecule has 6 heteroatoms. The summed E-state index contributed by atoms with van der Waals surface area (Å²) < 4.78 is 0. The van der Waals surface area contributed by atoms with Crippen LogP contribution in [-0.4, -0.2) is 62.1 Å². The van der Waals surface area contributed by atoms with Crippen LogP contribution in [0.4, 0.5) is 17.1 Å². The summed E-state index contributed by atoms with van der Waals surface area (Å²) in [7, 11) is 2.15. The molecule has 2 saturated heterocycles. The van der Waals surface area contributed by atoms with Crippen molar-refractivity contribution in [2.45, 2.75) is 12.8 Å². The van der Waals surface area contributed by atoms with Gasteiger partial charge in [-0.1, -0.05) is 0 Å². The number of likely N-dealkylation sites (N-methyl/N-ethyl adjacent to an activating group) is 1. The normalized spacial score (nSPS) is 17.3. The molecule has 0 bridgehead atoms. The molecule has 160 valence electrons. The molecule has 2 aliphatic rings. The highest BCUT2D eigenvalue weighted by molar-refractivity contribution is 6.10. The summed E-state index contributed by atoms with van der Waals surface area (Å²) in [6, 6.07) is 16.0. The minimum Gasteiger partial charge on any atom is -0.370 e. The Labute approximate surface area is 183 Å². The fraction of sp³-hybridized carbons (Fsp3) is 0.360. The van der Waals surface area contributed by atoms with Crippen molar-refractivity contribution in [3.63, 3.8) is 0 Å². The summed E-state index contributed by atoms with van der Waals surface area (Å²) in [5.74, 6) is -0.0935. The van der Waals surface area contributed by atoms with E-state index in [9.17, 15) is 4.79 Å². The van der Waals surface area contributed by atoms with Gasteiger partial charge in [0.05, 0.1) is 16.9 Å². The van der Waals surface area contributed by atoms with Crippen molar-refractivity contribution in [2.24, 2.45) is 0 Å². The summed E-state index contributed by atoms with van der Waals surface area (Å²) in [6.07, 6.45) is 4.26. The molecule has 2 aromatic carbocycles. The second-order valence-corrected chi connectivity index (χ2v) is 8.52. The molecule has 0 radical (unpaired) electrons. The van der Waals surface area contributed by atoms with Crippen LogP contribution in [-0.2, 0) is 0 Å². The van der Waals surface area contributed by atoms with Gasteiger partial charge in [0.1, 0.15) is 0 Å². The van der Waals surface area contributed by atoms with Crippen LogP contribution < -0.4 is 15.1 Å². The molecule has 0 spiro atoms. The van der Waals surface area contributed by atoms with E-state index in [-0.39, 0.29) is 5.91 Å². The molecule has 2 aliphatic heterocycles. The van der Waals surface area contributed by atoms with Crippen molar-refractivity contribution in [1.82, 2.24) is 9.88 Å². The van der Waals surface area contributed by atoms with E-state index < -0.39 is 0 Å². The average molecular weight is 416 g/mol. The van der Waals surface area contributed by atoms with Gasteiger partial charge < -0.3 is 20.0 Å². The van der Waals surface area contributed by atoms with Crippen molar-refractivity contribution in [3.05, 3.63) is 60.3 Å². The van der Waals surface area contributed by atoms with E-state index in [2.05, 4.69) is 50.2 Å². The number of nitrogens with zero attached hydrogens (tertiary/aromatic N) is 4. The monoisotopic (exact) mass is 415 g/mol. The van der Waals surface area contributed by atoms with E-state index in [1.807, 2.05) is 36.5 Å². The van der Waals surface area contributed by atoms with Crippen molar-refractivity contribution in [2.75, 3.05) is 61.4 Å². The maximum Gasteiger partial charge on any atom is 0.255 e. The second-order valence-electron chi connectivity index (χ2n) is 8.52. The molecule has 3 aromatic rings. The number of pyridine rings is 1. The van der Waals surface area contributed by atoms with Gasteiger partial charge in [-0.25, -0.2) is 0 Å². The van der Waals surface area contributed by atoms with E-state index in [0.717, 1.165) is 61.5 Å². The Hall–Kier alpha value is -3.12. The van der Waals surface area contributed by atoms with Gasteiger partial charge in [-0.3, -0.25) is 9.78 Å². The van der Waals surface area contributed by atoms with Gasteiger partial charge in [-0.2, -0.15) is 0 Å². The Kier molecular flexibility index (Phi) is 5.47. The van der Waals surface area contributed by atoms with Crippen molar-refractivity contribution in [1.29, 1.82) is 0 Å². The smallest absolute Gasteiger partial charge is 0.255 e. The number of hydrogen-bond acceptors (Lipinski definition) is 5. The van der Waals surface area contributed by atoms with Crippen LogP contribution in [0.5, 0.6) is 0 Å². The first-order chi connectivity index (χ1) is 15.2. The molecule has 0 atom stereocenters. The van der Waals surface area contributed by atoms with Gasteiger partial charge in [0, 0.05) is 62.1 Å². The van der Waals surface area contributed by atoms with Crippen molar-refractivity contribution in [3.8, 4) is 0 Å². The lowest BCUT2D eigenvalue weighted by Gasteiger charge is -2.34. The molecule has 0 unspecified atom stereocenters. The number of hydrogen-bond donors (Lipinski definition) is 1. The highest BCUT2D eigenvalue weighted by Crippen LogP contribution is 2.32. The van der Waals surface area contributed by atoms with Crippen LogP contribution in [0.25, 0.3) is 10.9 Å². The fourth-order valence-corrected chi connectivity index (χ4v) is 4.56. The number of carbonyl (C=O) groups excluding carboxylic acids is 1. The standard InChI is InChI=1S/C25H29N5O/c1-28-15-17-29(18-16-28)20-8-6-19(7-9-20)25(31)27-22-10-11-23(30-13-2-3-14-30)24-21(22)5-4-12-26-24/h4-12H,2-3,13-18H2,1H3,(H,27,31). The highest BCUT2D eigenvalue weighted by atomic mass is 16.1. The number of nitrogens with one attached hydrogen (secondary N) is 1. The molecule has 2 fully saturated rings. The Morgan fingerprint density at radius 3 is 2.35 bits per heavy atom. The quantitative estimate of drug-likeness (QED) is 0.702. The molecular weight excluding hydrogens is 386 g/mol.